The first-order chi connectivity index (χ1) is 9.93. The van der Waals surface area contributed by atoms with Gasteiger partial charge < -0.3 is 14.6 Å². The van der Waals surface area contributed by atoms with Crippen molar-refractivity contribution in [1.82, 2.24) is 4.98 Å². The van der Waals surface area contributed by atoms with Gasteiger partial charge in [0.05, 0.1) is 19.4 Å². The molecule has 0 radical (unpaired) electrons. The largest absolute Gasteiger partial charge is 0.497 e. The zero-order valence-corrected chi connectivity index (χ0v) is 12.8. The molecule has 1 N–H and O–H groups in total. The molecule has 0 saturated carbocycles. The van der Waals surface area contributed by atoms with Gasteiger partial charge in [0.25, 0.3) is 0 Å². The lowest BCUT2D eigenvalue weighted by atomic mass is 9.89. The van der Waals surface area contributed by atoms with Crippen molar-refractivity contribution in [2.24, 2.45) is 0 Å². The molecule has 0 bridgehead atoms. The highest BCUT2D eigenvalue weighted by atomic mass is 16.5. The molecule has 4 heteroatoms. The molecule has 4 nitrogen and oxygen atoms in total. The van der Waals surface area contributed by atoms with Crippen molar-refractivity contribution >= 4 is 0 Å². The van der Waals surface area contributed by atoms with Crippen molar-refractivity contribution in [1.29, 1.82) is 0 Å². The van der Waals surface area contributed by atoms with Gasteiger partial charge in [-0.05, 0) is 44.5 Å². The van der Waals surface area contributed by atoms with E-state index in [9.17, 15) is 5.11 Å². The quantitative estimate of drug-likeness (QED) is 0.918. The second-order valence-electron chi connectivity index (χ2n) is 5.38. The number of hydrogen-bond acceptors (Lipinski definition) is 4. The predicted molar refractivity (Wildman–Crippen MR) is 81.7 cm³/mol. The van der Waals surface area contributed by atoms with E-state index in [-0.39, 0.29) is 6.10 Å². The molecule has 0 aliphatic carbocycles. The van der Waals surface area contributed by atoms with E-state index < -0.39 is 5.60 Å². The Balaban J connectivity index is 2.33. The minimum absolute atomic E-state index is 0.0629. The van der Waals surface area contributed by atoms with Crippen LogP contribution in [0, 0.1) is 0 Å². The van der Waals surface area contributed by atoms with Gasteiger partial charge in [-0.3, -0.25) is 4.98 Å². The predicted octanol–water partition coefficient (Wildman–Crippen LogP) is 3.13. The van der Waals surface area contributed by atoms with Crippen LogP contribution in [0.3, 0.4) is 0 Å². The molecule has 1 aromatic carbocycles. The van der Waals surface area contributed by atoms with Crippen LogP contribution < -0.4 is 9.47 Å². The number of nitrogens with zero attached hydrogens (tertiary/aromatic N) is 1. The van der Waals surface area contributed by atoms with Crippen molar-refractivity contribution < 1.29 is 14.6 Å². The van der Waals surface area contributed by atoms with Crippen molar-refractivity contribution in [2.45, 2.75) is 32.5 Å². The van der Waals surface area contributed by atoms with Crippen LogP contribution in [0.15, 0.2) is 42.7 Å². The Hall–Kier alpha value is -2.07. The summed E-state index contributed by atoms with van der Waals surface area (Å²) in [5.41, 5.74) is 0.313. The molecule has 1 atom stereocenters. The molecule has 0 aliphatic rings. The highest BCUT2D eigenvalue weighted by Crippen LogP contribution is 2.31. The topological polar surface area (TPSA) is 51.6 Å². The van der Waals surface area contributed by atoms with Crippen LogP contribution in [0.2, 0.25) is 0 Å². The van der Waals surface area contributed by atoms with Gasteiger partial charge in [0.1, 0.15) is 17.1 Å². The molecule has 0 spiro atoms. The molecule has 1 aromatic heterocycles. The Labute approximate surface area is 125 Å². The monoisotopic (exact) mass is 287 g/mol. The number of aliphatic hydroxyl groups is 1. The van der Waals surface area contributed by atoms with Gasteiger partial charge >= 0.3 is 0 Å². The lowest BCUT2D eigenvalue weighted by Gasteiger charge is -2.25. The number of benzene rings is 1. The average molecular weight is 287 g/mol. The molecule has 0 amide bonds. The first kappa shape index (κ1) is 15.3. The second kappa shape index (κ2) is 6.14. The lowest BCUT2D eigenvalue weighted by molar-refractivity contribution is 0.101. The first-order valence-electron chi connectivity index (χ1n) is 6.92. The Morgan fingerprint density at radius 1 is 1.05 bits per heavy atom. The summed E-state index contributed by atoms with van der Waals surface area (Å²) in [4.78, 5) is 4.15. The van der Waals surface area contributed by atoms with Gasteiger partial charge in [-0.15, -0.1) is 0 Å². The summed E-state index contributed by atoms with van der Waals surface area (Å²) in [5.74, 6) is 1.40. The molecule has 0 fully saturated rings. The minimum atomic E-state index is -1.14. The third kappa shape index (κ3) is 3.52. The van der Waals surface area contributed by atoms with E-state index in [0.29, 0.717) is 11.3 Å². The summed E-state index contributed by atoms with van der Waals surface area (Å²) in [6.07, 6.45) is 3.36. The molecular formula is C17H21NO3. The van der Waals surface area contributed by atoms with E-state index in [2.05, 4.69) is 4.98 Å². The Morgan fingerprint density at radius 2 is 1.71 bits per heavy atom. The highest BCUT2D eigenvalue weighted by molar-refractivity contribution is 5.39. The fourth-order valence-electron chi connectivity index (χ4n) is 2.10. The molecule has 1 heterocycles. The highest BCUT2D eigenvalue weighted by Gasteiger charge is 2.26. The molecule has 112 valence electrons. The lowest BCUT2D eigenvalue weighted by Crippen LogP contribution is -2.23. The number of ether oxygens (including phenoxy) is 2. The van der Waals surface area contributed by atoms with Crippen LogP contribution in [0.5, 0.6) is 11.5 Å². The summed E-state index contributed by atoms with van der Waals surface area (Å²) in [5, 5.41) is 10.8. The normalized spacial score (nSPS) is 13.8. The zero-order valence-electron chi connectivity index (χ0n) is 12.8. The summed E-state index contributed by atoms with van der Waals surface area (Å²) < 4.78 is 10.8. The van der Waals surface area contributed by atoms with Crippen LogP contribution in [0.25, 0.3) is 0 Å². The van der Waals surface area contributed by atoms with Gasteiger partial charge in [-0.1, -0.05) is 12.1 Å². The smallest absolute Gasteiger partial charge is 0.138 e. The fraction of sp³-hybridized carbons (Fsp3) is 0.353. The molecule has 21 heavy (non-hydrogen) atoms. The van der Waals surface area contributed by atoms with E-state index in [4.69, 9.17) is 9.47 Å². The molecular weight excluding hydrogens is 266 g/mol. The van der Waals surface area contributed by atoms with Crippen LogP contribution in [-0.2, 0) is 5.60 Å². The van der Waals surface area contributed by atoms with Crippen molar-refractivity contribution in [2.75, 3.05) is 7.11 Å². The summed E-state index contributed by atoms with van der Waals surface area (Å²) in [7, 11) is 1.61. The van der Waals surface area contributed by atoms with Crippen LogP contribution in [-0.4, -0.2) is 23.3 Å². The van der Waals surface area contributed by atoms with Gasteiger partial charge in [0.15, 0.2) is 0 Å². The number of rotatable bonds is 5. The van der Waals surface area contributed by atoms with Crippen LogP contribution in [0.4, 0.5) is 0 Å². The Kier molecular flexibility index (Phi) is 4.48. The van der Waals surface area contributed by atoms with Crippen molar-refractivity contribution in [3.05, 3.63) is 53.9 Å². The van der Waals surface area contributed by atoms with Gasteiger partial charge in [-0.25, -0.2) is 0 Å². The summed E-state index contributed by atoms with van der Waals surface area (Å²) >= 11 is 0. The van der Waals surface area contributed by atoms with E-state index in [0.717, 1.165) is 11.3 Å². The molecule has 1 unspecified atom stereocenters. The van der Waals surface area contributed by atoms with E-state index >= 15 is 0 Å². The van der Waals surface area contributed by atoms with Crippen molar-refractivity contribution in [3.8, 4) is 11.5 Å². The first-order valence-corrected chi connectivity index (χ1v) is 6.92. The molecule has 2 rings (SSSR count). The van der Waals surface area contributed by atoms with Crippen LogP contribution in [0.1, 0.15) is 31.9 Å². The number of hydrogen-bond donors (Lipinski definition) is 1. The average Bonchev–Trinajstić information content (AvgIpc) is 2.47. The maximum atomic E-state index is 10.8. The molecule has 2 aromatic rings. The number of methoxy groups -OCH3 is 1. The summed E-state index contributed by atoms with van der Waals surface area (Å²) in [6.45, 7) is 5.65. The number of pyridine rings is 1. The fourth-order valence-corrected chi connectivity index (χ4v) is 2.10. The Morgan fingerprint density at radius 3 is 2.29 bits per heavy atom. The third-order valence-electron chi connectivity index (χ3n) is 3.30. The standard InChI is InChI=1S/C17H21NO3/c1-12(2)21-16-9-14(10-18-11-16)17(3,19)13-5-7-15(20-4)8-6-13/h5-12,19H,1-4H3. The maximum absolute atomic E-state index is 10.8. The molecule has 0 aliphatic heterocycles. The SMILES string of the molecule is COc1ccc(C(C)(O)c2cncc(OC(C)C)c2)cc1. The van der Waals surface area contributed by atoms with Gasteiger partial charge in [0.2, 0.25) is 0 Å². The second-order valence-corrected chi connectivity index (χ2v) is 5.38. The molecule has 0 saturated heterocycles. The number of aromatic nitrogens is 1. The minimum Gasteiger partial charge on any atom is -0.497 e. The van der Waals surface area contributed by atoms with Crippen molar-refractivity contribution in [3.63, 3.8) is 0 Å². The van der Waals surface area contributed by atoms with E-state index in [1.165, 1.54) is 0 Å². The van der Waals surface area contributed by atoms with E-state index in [1.54, 1.807) is 26.4 Å². The maximum Gasteiger partial charge on any atom is 0.138 e. The van der Waals surface area contributed by atoms with Crippen LogP contribution >= 0.6 is 0 Å². The zero-order chi connectivity index (χ0) is 15.5. The van der Waals surface area contributed by atoms with Gasteiger partial charge in [0, 0.05) is 11.8 Å². The Bertz CT molecular complexity index is 591. The van der Waals surface area contributed by atoms with E-state index in [1.807, 2.05) is 44.2 Å². The van der Waals surface area contributed by atoms with Gasteiger partial charge in [-0.2, -0.15) is 0 Å². The third-order valence-corrected chi connectivity index (χ3v) is 3.30. The summed E-state index contributed by atoms with van der Waals surface area (Å²) in [6, 6.07) is 9.15.